The van der Waals surface area contributed by atoms with E-state index in [4.69, 9.17) is 4.52 Å². The molecule has 1 heterocycles. The molecule has 0 spiro atoms. The van der Waals surface area contributed by atoms with Crippen molar-refractivity contribution >= 4 is 5.91 Å². The molecule has 0 radical (unpaired) electrons. The molecule has 1 aromatic rings. The molecule has 0 aliphatic heterocycles. The minimum absolute atomic E-state index is 0.0705. The number of hydrogen-bond donors (Lipinski definition) is 0. The van der Waals surface area contributed by atoms with E-state index in [1.165, 1.54) is 19.9 Å². The van der Waals surface area contributed by atoms with Crippen LogP contribution in [0.15, 0.2) is 17.2 Å². The fourth-order valence-corrected chi connectivity index (χ4v) is 1.54. The van der Waals surface area contributed by atoms with Crippen molar-refractivity contribution in [2.24, 2.45) is 0 Å². The Morgan fingerprint density at radius 3 is 2.50 bits per heavy atom. The van der Waals surface area contributed by atoms with E-state index in [1.807, 2.05) is 0 Å². The molecule has 7 heteroatoms. The lowest BCUT2D eigenvalue weighted by Crippen LogP contribution is -2.39. The van der Waals surface area contributed by atoms with Gasteiger partial charge in [0, 0.05) is 6.54 Å². The number of aromatic nitrogens is 1. The molecular weight excluding hydrogens is 249 g/mol. The number of aryl methyl sites for hydroxylation is 2. The number of alkyl halides is 3. The van der Waals surface area contributed by atoms with Gasteiger partial charge in [-0.05, 0) is 13.8 Å². The van der Waals surface area contributed by atoms with Gasteiger partial charge in [-0.25, -0.2) is 0 Å². The number of hydrogen-bond acceptors (Lipinski definition) is 3. The SMILES string of the molecule is C=CCN(CC(F)(F)F)C(=O)c1c(C)noc1C. The van der Waals surface area contributed by atoms with E-state index in [1.54, 1.807) is 0 Å². The Morgan fingerprint density at radius 1 is 1.50 bits per heavy atom. The van der Waals surface area contributed by atoms with Crippen LogP contribution in [-0.2, 0) is 0 Å². The van der Waals surface area contributed by atoms with Gasteiger partial charge in [0.2, 0.25) is 0 Å². The lowest BCUT2D eigenvalue weighted by atomic mass is 10.1. The van der Waals surface area contributed by atoms with Gasteiger partial charge in [-0.2, -0.15) is 13.2 Å². The predicted molar refractivity (Wildman–Crippen MR) is 58.1 cm³/mol. The van der Waals surface area contributed by atoms with E-state index in [-0.39, 0.29) is 23.6 Å². The summed E-state index contributed by atoms with van der Waals surface area (Å²) >= 11 is 0. The summed E-state index contributed by atoms with van der Waals surface area (Å²) < 4.78 is 41.9. The highest BCUT2D eigenvalue weighted by atomic mass is 19.4. The van der Waals surface area contributed by atoms with Gasteiger partial charge in [-0.3, -0.25) is 4.79 Å². The lowest BCUT2D eigenvalue weighted by molar-refractivity contribution is -0.139. The first-order valence-electron chi connectivity index (χ1n) is 5.16. The Morgan fingerprint density at radius 2 is 2.11 bits per heavy atom. The quantitative estimate of drug-likeness (QED) is 0.783. The summed E-state index contributed by atoms with van der Waals surface area (Å²) in [6, 6.07) is 0. The number of carbonyl (C=O) groups is 1. The van der Waals surface area contributed by atoms with Gasteiger partial charge in [0.1, 0.15) is 17.9 Å². The molecule has 0 N–H and O–H groups in total. The number of rotatable bonds is 4. The van der Waals surface area contributed by atoms with Crippen molar-refractivity contribution in [3.63, 3.8) is 0 Å². The van der Waals surface area contributed by atoms with E-state index < -0.39 is 18.6 Å². The van der Waals surface area contributed by atoms with E-state index >= 15 is 0 Å². The van der Waals surface area contributed by atoms with Crippen LogP contribution < -0.4 is 0 Å². The molecule has 0 saturated carbocycles. The minimum Gasteiger partial charge on any atom is -0.361 e. The maximum absolute atomic E-state index is 12.4. The second-order valence-corrected chi connectivity index (χ2v) is 3.79. The summed E-state index contributed by atoms with van der Waals surface area (Å²) in [7, 11) is 0. The van der Waals surface area contributed by atoms with Gasteiger partial charge >= 0.3 is 6.18 Å². The van der Waals surface area contributed by atoms with Gasteiger partial charge in [-0.15, -0.1) is 6.58 Å². The highest BCUT2D eigenvalue weighted by Crippen LogP contribution is 2.20. The Balaban J connectivity index is 3.00. The van der Waals surface area contributed by atoms with Crippen molar-refractivity contribution in [2.75, 3.05) is 13.1 Å². The molecule has 0 aliphatic carbocycles. The molecule has 0 bridgehead atoms. The molecule has 1 aromatic heterocycles. The number of nitrogens with zero attached hydrogens (tertiary/aromatic N) is 2. The van der Waals surface area contributed by atoms with Gasteiger partial charge in [-0.1, -0.05) is 11.2 Å². The minimum atomic E-state index is -4.46. The number of halogens is 3. The molecule has 1 rings (SSSR count). The fraction of sp³-hybridized carbons (Fsp3) is 0.455. The van der Waals surface area contributed by atoms with Crippen molar-refractivity contribution in [2.45, 2.75) is 20.0 Å². The maximum Gasteiger partial charge on any atom is 0.406 e. The molecular formula is C11H13F3N2O2. The molecule has 0 atom stereocenters. The standard InChI is InChI=1S/C11H13F3N2O2/c1-4-5-16(6-11(12,13)14)10(17)9-7(2)15-18-8(9)3/h4H,1,5-6H2,2-3H3. The third kappa shape index (κ3) is 3.35. The molecule has 4 nitrogen and oxygen atoms in total. The van der Waals surface area contributed by atoms with Crippen LogP contribution in [0.5, 0.6) is 0 Å². The number of amides is 1. The first-order valence-corrected chi connectivity index (χ1v) is 5.16. The molecule has 0 unspecified atom stereocenters. The predicted octanol–water partition coefficient (Wildman–Crippen LogP) is 2.48. The van der Waals surface area contributed by atoms with Crippen LogP contribution in [-0.4, -0.2) is 35.2 Å². The van der Waals surface area contributed by atoms with Crippen LogP contribution in [0.2, 0.25) is 0 Å². The molecule has 100 valence electrons. The summed E-state index contributed by atoms with van der Waals surface area (Å²) in [6.45, 7) is 4.80. The molecule has 18 heavy (non-hydrogen) atoms. The Kier molecular flexibility index (Phi) is 4.15. The van der Waals surface area contributed by atoms with Crippen LogP contribution in [0.4, 0.5) is 13.2 Å². The topological polar surface area (TPSA) is 46.3 Å². The first-order chi connectivity index (χ1) is 8.26. The zero-order chi connectivity index (χ0) is 13.9. The molecule has 0 aliphatic rings. The van der Waals surface area contributed by atoms with Crippen molar-refractivity contribution in [3.05, 3.63) is 29.7 Å². The highest BCUT2D eigenvalue weighted by molar-refractivity contribution is 5.96. The summed E-state index contributed by atoms with van der Waals surface area (Å²) in [4.78, 5) is 12.6. The Bertz CT molecular complexity index is 432. The van der Waals surface area contributed by atoms with Crippen LogP contribution in [0.1, 0.15) is 21.8 Å². The van der Waals surface area contributed by atoms with Crippen molar-refractivity contribution in [3.8, 4) is 0 Å². The van der Waals surface area contributed by atoms with Crippen molar-refractivity contribution < 1.29 is 22.5 Å². The summed E-state index contributed by atoms with van der Waals surface area (Å²) in [5.41, 5.74) is 0.342. The average molecular weight is 262 g/mol. The molecule has 0 fully saturated rings. The second-order valence-electron chi connectivity index (χ2n) is 3.79. The highest BCUT2D eigenvalue weighted by Gasteiger charge is 2.34. The average Bonchev–Trinajstić information content (AvgIpc) is 2.55. The maximum atomic E-state index is 12.4. The van der Waals surface area contributed by atoms with Crippen LogP contribution in [0.25, 0.3) is 0 Å². The third-order valence-electron chi connectivity index (χ3n) is 2.25. The smallest absolute Gasteiger partial charge is 0.361 e. The molecule has 0 saturated heterocycles. The normalized spacial score (nSPS) is 11.4. The summed E-state index contributed by atoms with van der Waals surface area (Å²) in [6.07, 6.45) is -3.22. The van der Waals surface area contributed by atoms with Gasteiger partial charge in [0.25, 0.3) is 5.91 Å². The van der Waals surface area contributed by atoms with Crippen LogP contribution in [0, 0.1) is 13.8 Å². The van der Waals surface area contributed by atoms with Gasteiger partial charge in [0.15, 0.2) is 0 Å². The summed E-state index contributed by atoms with van der Waals surface area (Å²) in [5, 5.41) is 3.55. The number of carbonyl (C=O) groups excluding carboxylic acids is 1. The fourth-order valence-electron chi connectivity index (χ4n) is 1.54. The van der Waals surface area contributed by atoms with Gasteiger partial charge in [0.05, 0.1) is 5.69 Å². The Hall–Kier alpha value is -1.79. The zero-order valence-electron chi connectivity index (χ0n) is 10.0. The molecule has 0 aromatic carbocycles. The zero-order valence-corrected chi connectivity index (χ0v) is 10.0. The van der Waals surface area contributed by atoms with Crippen molar-refractivity contribution in [1.29, 1.82) is 0 Å². The van der Waals surface area contributed by atoms with Crippen molar-refractivity contribution in [1.82, 2.24) is 10.1 Å². The van der Waals surface area contributed by atoms with E-state index in [0.29, 0.717) is 4.90 Å². The molecule has 1 amide bonds. The third-order valence-corrected chi connectivity index (χ3v) is 2.25. The second kappa shape index (κ2) is 5.24. The largest absolute Gasteiger partial charge is 0.406 e. The van der Waals surface area contributed by atoms with Crippen LogP contribution >= 0.6 is 0 Å². The van der Waals surface area contributed by atoms with Crippen LogP contribution in [0.3, 0.4) is 0 Å². The first kappa shape index (κ1) is 14.3. The van der Waals surface area contributed by atoms with E-state index in [0.717, 1.165) is 0 Å². The summed E-state index contributed by atoms with van der Waals surface area (Å²) in [5.74, 6) is -0.558. The van der Waals surface area contributed by atoms with E-state index in [2.05, 4.69) is 11.7 Å². The lowest BCUT2D eigenvalue weighted by Gasteiger charge is -2.22. The monoisotopic (exact) mass is 262 g/mol. The Labute approximate surface area is 102 Å². The van der Waals surface area contributed by atoms with E-state index in [9.17, 15) is 18.0 Å². The van der Waals surface area contributed by atoms with Gasteiger partial charge < -0.3 is 9.42 Å².